The maximum atomic E-state index is 12.1. The first-order valence-electron chi connectivity index (χ1n) is 5.94. The van der Waals surface area contributed by atoms with Gasteiger partial charge in [-0.1, -0.05) is 11.8 Å². The zero-order valence-electron chi connectivity index (χ0n) is 9.96. The zero-order chi connectivity index (χ0) is 13.6. The summed E-state index contributed by atoms with van der Waals surface area (Å²) in [6.07, 6.45) is 1.93. The van der Waals surface area contributed by atoms with Gasteiger partial charge in [-0.15, -0.1) is 0 Å². The van der Waals surface area contributed by atoms with E-state index in [1.807, 2.05) is 0 Å². The van der Waals surface area contributed by atoms with E-state index in [0.717, 1.165) is 24.6 Å². The SMILES string of the molecule is Nc1cc(=O)[nH]c(SC2CC(=O)N(C3CC3)C2=O)n1. The Morgan fingerprint density at radius 3 is 2.74 bits per heavy atom. The van der Waals surface area contributed by atoms with E-state index in [0.29, 0.717) is 0 Å². The molecule has 2 aliphatic rings. The van der Waals surface area contributed by atoms with Gasteiger partial charge in [0.1, 0.15) is 11.1 Å². The number of aromatic nitrogens is 2. The summed E-state index contributed by atoms with van der Waals surface area (Å²) in [7, 11) is 0. The van der Waals surface area contributed by atoms with Crippen molar-refractivity contribution in [2.45, 2.75) is 35.7 Å². The molecule has 0 bridgehead atoms. The van der Waals surface area contributed by atoms with E-state index in [1.165, 1.54) is 11.0 Å². The maximum Gasteiger partial charge on any atom is 0.253 e. The molecule has 0 aromatic carbocycles. The number of nitrogens with one attached hydrogen (secondary N) is 1. The maximum absolute atomic E-state index is 12.1. The van der Waals surface area contributed by atoms with Crippen molar-refractivity contribution in [3.8, 4) is 0 Å². The lowest BCUT2D eigenvalue weighted by Gasteiger charge is -2.12. The van der Waals surface area contributed by atoms with Gasteiger partial charge < -0.3 is 10.7 Å². The van der Waals surface area contributed by atoms with Crippen LogP contribution in [0.3, 0.4) is 0 Å². The van der Waals surface area contributed by atoms with Gasteiger partial charge in [-0.25, -0.2) is 4.98 Å². The Balaban J connectivity index is 1.78. The molecule has 3 rings (SSSR count). The minimum Gasteiger partial charge on any atom is -0.383 e. The number of thioether (sulfide) groups is 1. The molecule has 2 amide bonds. The van der Waals surface area contributed by atoms with Crippen LogP contribution in [-0.2, 0) is 9.59 Å². The number of nitrogens with two attached hydrogens (primary N) is 1. The van der Waals surface area contributed by atoms with E-state index in [1.54, 1.807) is 0 Å². The highest BCUT2D eigenvalue weighted by Gasteiger charge is 2.46. The molecule has 100 valence electrons. The summed E-state index contributed by atoms with van der Waals surface area (Å²) in [6, 6.07) is 1.25. The zero-order valence-corrected chi connectivity index (χ0v) is 10.8. The van der Waals surface area contributed by atoms with Gasteiger partial charge in [-0.2, -0.15) is 0 Å². The van der Waals surface area contributed by atoms with Crippen molar-refractivity contribution >= 4 is 29.4 Å². The van der Waals surface area contributed by atoms with Crippen LogP contribution >= 0.6 is 11.8 Å². The van der Waals surface area contributed by atoms with Gasteiger partial charge in [0.15, 0.2) is 5.16 Å². The van der Waals surface area contributed by atoms with Gasteiger partial charge in [0.05, 0.1) is 0 Å². The number of nitrogens with zero attached hydrogens (tertiary/aromatic N) is 2. The molecule has 1 aromatic heterocycles. The van der Waals surface area contributed by atoms with Crippen LogP contribution in [0, 0.1) is 0 Å². The molecule has 3 N–H and O–H groups in total. The van der Waals surface area contributed by atoms with Crippen LogP contribution in [-0.4, -0.2) is 38.0 Å². The second-order valence-corrected chi connectivity index (χ2v) is 5.81. The van der Waals surface area contributed by atoms with Crippen molar-refractivity contribution in [2.75, 3.05) is 5.73 Å². The average molecular weight is 280 g/mol. The van der Waals surface area contributed by atoms with Gasteiger partial charge in [0.2, 0.25) is 11.8 Å². The molecule has 1 unspecified atom stereocenters. The van der Waals surface area contributed by atoms with E-state index in [9.17, 15) is 14.4 Å². The highest BCUT2D eigenvalue weighted by atomic mass is 32.2. The normalized spacial score (nSPS) is 23.2. The van der Waals surface area contributed by atoms with E-state index >= 15 is 0 Å². The number of carbonyl (C=O) groups excluding carboxylic acids is 2. The number of carbonyl (C=O) groups is 2. The van der Waals surface area contributed by atoms with Crippen molar-refractivity contribution in [2.24, 2.45) is 0 Å². The third-order valence-electron chi connectivity index (χ3n) is 3.05. The van der Waals surface area contributed by atoms with Crippen LogP contribution in [0.2, 0.25) is 0 Å². The Kier molecular flexibility index (Phi) is 2.81. The number of likely N-dealkylation sites (tertiary alicyclic amines) is 1. The molecule has 1 aliphatic carbocycles. The minimum atomic E-state index is -0.516. The molecule has 0 spiro atoms. The topological polar surface area (TPSA) is 109 Å². The number of aromatic amines is 1. The number of imide groups is 1. The molecule has 19 heavy (non-hydrogen) atoms. The van der Waals surface area contributed by atoms with Crippen LogP contribution in [0.15, 0.2) is 16.0 Å². The van der Waals surface area contributed by atoms with Crippen LogP contribution in [0.5, 0.6) is 0 Å². The molecule has 1 atom stereocenters. The summed E-state index contributed by atoms with van der Waals surface area (Å²) in [4.78, 5) is 42.9. The summed E-state index contributed by atoms with van der Waals surface area (Å²) in [5, 5.41) is -0.244. The fourth-order valence-corrected chi connectivity index (χ4v) is 3.10. The third-order valence-corrected chi connectivity index (χ3v) is 4.12. The van der Waals surface area contributed by atoms with Gasteiger partial charge >= 0.3 is 0 Å². The first-order valence-corrected chi connectivity index (χ1v) is 6.82. The van der Waals surface area contributed by atoms with Gasteiger partial charge in [0.25, 0.3) is 5.56 Å². The number of hydrogen-bond acceptors (Lipinski definition) is 6. The molecular weight excluding hydrogens is 268 g/mol. The standard InChI is InChI=1S/C11H12N4O3S/c12-7-4-8(16)14-11(13-7)19-6-3-9(17)15(10(6)18)5-1-2-5/h4-6H,1-3H2,(H3,12,13,14,16). The highest BCUT2D eigenvalue weighted by molar-refractivity contribution is 8.00. The average Bonchev–Trinajstić information content (AvgIpc) is 3.07. The number of amides is 2. The Bertz CT molecular complexity index is 610. The molecule has 2 fully saturated rings. The van der Waals surface area contributed by atoms with Crippen LogP contribution in [0.25, 0.3) is 0 Å². The molecule has 2 heterocycles. The Labute approximate surface area is 112 Å². The van der Waals surface area contributed by atoms with E-state index in [-0.39, 0.29) is 40.8 Å². The summed E-state index contributed by atoms with van der Waals surface area (Å²) < 4.78 is 0. The van der Waals surface area contributed by atoms with Crippen molar-refractivity contribution < 1.29 is 9.59 Å². The van der Waals surface area contributed by atoms with Crippen LogP contribution < -0.4 is 11.3 Å². The molecule has 8 heteroatoms. The number of H-pyrrole nitrogens is 1. The minimum absolute atomic E-state index is 0.0819. The Morgan fingerprint density at radius 2 is 2.11 bits per heavy atom. The largest absolute Gasteiger partial charge is 0.383 e. The molecule has 1 aromatic rings. The second-order valence-electron chi connectivity index (χ2n) is 4.62. The molecule has 1 saturated heterocycles. The highest BCUT2D eigenvalue weighted by Crippen LogP contribution is 2.36. The van der Waals surface area contributed by atoms with Crippen molar-refractivity contribution in [1.29, 1.82) is 0 Å². The number of hydrogen-bond donors (Lipinski definition) is 2. The van der Waals surface area contributed by atoms with Crippen LogP contribution in [0.1, 0.15) is 19.3 Å². The van der Waals surface area contributed by atoms with Crippen LogP contribution in [0.4, 0.5) is 5.82 Å². The fourth-order valence-electron chi connectivity index (χ4n) is 2.07. The number of anilines is 1. The monoisotopic (exact) mass is 280 g/mol. The molecule has 0 radical (unpaired) electrons. The number of nitrogen functional groups attached to an aromatic ring is 1. The third kappa shape index (κ3) is 2.35. The van der Waals surface area contributed by atoms with Crippen molar-refractivity contribution in [3.05, 3.63) is 16.4 Å². The Hall–Kier alpha value is -1.83. The van der Waals surface area contributed by atoms with Crippen molar-refractivity contribution in [1.82, 2.24) is 14.9 Å². The number of rotatable bonds is 3. The molecule has 7 nitrogen and oxygen atoms in total. The molecular formula is C11H12N4O3S. The summed E-state index contributed by atoms with van der Waals surface area (Å²) in [5.41, 5.74) is 5.10. The fraction of sp³-hybridized carbons (Fsp3) is 0.455. The van der Waals surface area contributed by atoms with Gasteiger partial charge in [0, 0.05) is 18.5 Å². The lowest BCUT2D eigenvalue weighted by molar-refractivity contribution is -0.138. The predicted molar refractivity (Wildman–Crippen MR) is 68.4 cm³/mol. The summed E-state index contributed by atoms with van der Waals surface area (Å²) in [5.74, 6) is -0.235. The van der Waals surface area contributed by atoms with E-state index < -0.39 is 5.25 Å². The molecule has 1 aliphatic heterocycles. The van der Waals surface area contributed by atoms with E-state index in [4.69, 9.17) is 5.73 Å². The smallest absolute Gasteiger partial charge is 0.253 e. The summed E-state index contributed by atoms with van der Waals surface area (Å²) in [6.45, 7) is 0. The predicted octanol–water partition coefficient (Wildman–Crippen LogP) is -0.266. The Morgan fingerprint density at radius 1 is 1.37 bits per heavy atom. The lowest BCUT2D eigenvalue weighted by Crippen LogP contribution is -2.33. The second kappa shape index (κ2) is 4.37. The molecule has 1 saturated carbocycles. The van der Waals surface area contributed by atoms with Crippen molar-refractivity contribution in [3.63, 3.8) is 0 Å². The van der Waals surface area contributed by atoms with E-state index in [2.05, 4.69) is 9.97 Å². The first kappa shape index (κ1) is 12.2. The quantitative estimate of drug-likeness (QED) is 0.583. The lowest BCUT2D eigenvalue weighted by atomic mass is 10.4. The summed E-state index contributed by atoms with van der Waals surface area (Å²) >= 11 is 1.08. The van der Waals surface area contributed by atoms with Gasteiger partial charge in [-0.05, 0) is 12.8 Å². The first-order chi connectivity index (χ1) is 9.04. The van der Waals surface area contributed by atoms with Gasteiger partial charge in [-0.3, -0.25) is 19.3 Å².